The number of aliphatic hydroxyl groups excluding tert-OH is 1. The molecule has 21 heavy (non-hydrogen) atoms. The summed E-state index contributed by atoms with van der Waals surface area (Å²) in [6.07, 6.45) is 2.40. The van der Waals surface area contributed by atoms with Gasteiger partial charge in [-0.15, -0.1) is 0 Å². The van der Waals surface area contributed by atoms with E-state index in [0.29, 0.717) is 5.76 Å². The summed E-state index contributed by atoms with van der Waals surface area (Å²) in [6, 6.07) is 13.1. The zero-order valence-electron chi connectivity index (χ0n) is 12.2. The highest BCUT2D eigenvalue weighted by Gasteiger charge is 2.20. The van der Waals surface area contributed by atoms with Crippen molar-refractivity contribution in [1.82, 2.24) is 5.32 Å². The molecule has 2 N–H and O–H groups in total. The lowest BCUT2D eigenvalue weighted by Crippen LogP contribution is -2.32. The number of aliphatic hydroxyl groups is 1. The maximum atomic E-state index is 12.4. The predicted octanol–water partition coefficient (Wildman–Crippen LogP) is 3.01. The van der Waals surface area contributed by atoms with Crippen molar-refractivity contribution < 1.29 is 14.3 Å². The minimum Gasteiger partial charge on any atom is -0.467 e. The molecular formula is C17H21NO3. The van der Waals surface area contributed by atoms with Crippen LogP contribution < -0.4 is 5.32 Å². The van der Waals surface area contributed by atoms with Crippen molar-refractivity contribution in [2.75, 3.05) is 6.54 Å². The summed E-state index contributed by atoms with van der Waals surface area (Å²) in [5.74, 6) is 0.218. The maximum absolute atomic E-state index is 12.4. The molecule has 0 bridgehead atoms. The fourth-order valence-corrected chi connectivity index (χ4v) is 2.33. The van der Waals surface area contributed by atoms with E-state index in [4.69, 9.17) is 4.42 Å². The largest absolute Gasteiger partial charge is 0.467 e. The summed E-state index contributed by atoms with van der Waals surface area (Å²) in [5, 5.41) is 12.7. The summed E-state index contributed by atoms with van der Waals surface area (Å²) >= 11 is 0. The molecule has 1 amide bonds. The van der Waals surface area contributed by atoms with E-state index in [0.717, 1.165) is 18.4 Å². The van der Waals surface area contributed by atoms with Gasteiger partial charge in [0.2, 0.25) is 5.91 Å². The van der Waals surface area contributed by atoms with Crippen LogP contribution in [0.15, 0.2) is 53.1 Å². The Hall–Kier alpha value is -2.07. The summed E-state index contributed by atoms with van der Waals surface area (Å²) in [7, 11) is 0. The van der Waals surface area contributed by atoms with Crippen LogP contribution in [0.4, 0.5) is 0 Å². The topological polar surface area (TPSA) is 62.5 Å². The van der Waals surface area contributed by atoms with Crippen LogP contribution in [0.5, 0.6) is 0 Å². The standard InChI is InChI=1S/C17H21NO3/c1-2-7-14(13-8-4-3-5-9-13)17(20)18-12-15(19)16-10-6-11-21-16/h3-6,8-11,14-15,19H,2,7,12H2,1H3,(H,18,20). The van der Waals surface area contributed by atoms with Crippen molar-refractivity contribution in [3.8, 4) is 0 Å². The monoisotopic (exact) mass is 287 g/mol. The Morgan fingerprint density at radius 2 is 2.00 bits per heavy atom. The summed E-state index contributed by atoms with van der Waals surface area (Å²) < 4.78 is 5.12. The fourth-order valence-electron chi connectivity index (χ4n) is 2.33. The highest BCUT2D eigenvalue weighted by molar-refractivity contribution is 5.83. The maximum Gasteiger partial charge on any atom is 0.227 e. The number of carbonyl (C=O) groups is 1. The second kappa shape index (κ2) is 7.64. The zero-order valence-corrected chi connectivity index (χ0v) is 12.2. The lowest BCUT2D eigenvalue weighted by molar-refractivity contribution is -0.123. The SMILES string of the molecule is CCCC(C(=O)NCC(O)c1ccco1)c1ccccc1. The Kier molecular flexibility index (Phi) is 5.58. The first-order valence-corrected chi connectivity index (χ1v) is 7.26. The van der Waals surface area contributed by atoms with E-state index in [1.165, 1.54) is 6.26 Å². The van der Waals surface area contributed by atoms with Crippen LogP contribution in [0.2, 0.25) is 0 Å². The Morgan fingerprint density at radius 3 is 2.62 bits per heavy atom. The van der Waals surface area contributed by atoms with Crippen LogP contribution in [-0.4, -0.2) is 17.6 Å². The lowest BCUT2D eigenvalue weighted by atomic mass is 9.93. The number of rotatable bonds is 7. The first kappa shape index (κ1) is 15.3. The van der Waals surface area contributed by atoms with Gasteiger partial charge in [-0.2, -0.15) is 0 Å². The molecule has 0 saturated heterocycles. The third kappa shape index (κ3) is 4.20. The number of benzene rings is 1. The Bertz CT molecular complexity index is 536. The minimum absolute atomic E-state index is 0.0614. The quantitative estimate of drug-likeness (QED) is 0.823. The third-order valence-electron chi connectivity index (χ3n) is 3.44. The number of hydrogen-bond acceptors (Lipinski definition) is 3. The third-order valence-corrected chi connectivity index (χ3v) is 3.44. The smallest absolute Gasteiger partial charge is 0.227 e. The van der Waals surface area contributed by atoms with Gasteiger partial charge in [0.05, 0.1) is 18.7 Å². The van der Waals surface area contributed by atoms with Gasteiger partial charge in [-0.05, 0) is 24.1 Å². The molecule has 2 atom stereocenters. The summed E-state index contributed by atoms with van der Waals surface area (Å²) in [4.78, 5) is 12.4. The van der Waals surface area contributed by atoms with Gasteiger partial charge in [0, 0.05) is 0 Å². The molecule has 0 spiro atoms. The van der Waals surface area contributed by atoms with E-state index in [1.54, 1.807) is 12.1 Å². The molecule has 0 fully saturated rings. The molecule has 4 heteroatoms. The predicted molar refractivity (Wildman–Crippen MR) is 80.8 cm³/mol. The van der Waals surface area contributed by atoms with E-state index in [9.17, 15) is 9.90 Å². The Labute approximate surface area is 124 Å². The van der Waals surface area contributed by atoms with Crippen LogP contribution in [0.25, 0.3) is 0 Å². The Balaban J connectivity index is 1.96. The normalized spacial score (nSPS) is 13.6. The number of nitrogens with one attached hydrogen (secondary N) is 1. The first-order chi connectivity index (χ1) is 10.2. The molecule has 1 heterocycles. The van der Waals surface area contributed by atoms with Gasteiger partial charge < -0.3 is 14.8 Å². The van der Waals surface area contributed by atoms with Gasteiger partial charge >= 0.3 is 0 Å². The number of carbonyl (C=O) groups excluding carboxylic acids is 1. The molecule has 0 saturated carbocycles. The average Bonchev–Trinajstić information content (AvgIpc) is 3.05. The van der Waals surface area contributed by atoms with Crippen molar-refractivity contribution in [2.45, 2.75) is 31.8 Å². The van der Waals surface area contributed by atoms with Crippen LogP contribution in [0.3, 0.4) is 0 Å². The number of furan rings is 1. The number of amides is 1. The van der Waals surface area contributed by atoms with E-state index >= 15 is 0 Å². The highest BCUT2D eigenvalue weighted by atomic mass is 16.4. The van der Waals surface area contributed by atoms with E-state index < -0.39 is 6.10 Å². The van der Waals surface area contributed by atoms with E-state index in [-0.39, 0.29) is 18.4 Å². The molecular weight excluding hydrogens is 266 g/mol. The molecule has 0 aliphatic carbocycles. The van der Waals surface area contributed by atoms with Gasteiger partial charge in [0.25, 0.3) is 0 Å². The highest BCUT2D eigenvalue weighted by Crippen LogP contribution is 2.21. The van der Waals surface area contributed by atoms with Crippen molar-refractivity contribution in [2.24, 2.45) is 0 Å². The van der Waals surface area contributed by atoms with E-state index in [2.05, 4.69) is 12.2 Å². The van der Waals surface area contributed by atoms with Gasteiger partial charge in [-0.1, -0.05) is 43.7 Å². The van der Waals surface area contributed by atoms with Crippen molar-refractivity contribution in [1.29, 1.82) is 0 Å². The second-order valence-electron chi connectivity index (χ2n) is 5.03. The van der Waals surface area contributed by atoms with Crippen LogP contribution >= 0.6 is 0 Å². The Morgan fingerprint density at radius 1 is 1.24 bits per heavy atom. The summed E-state index contributed by atoms with van der Waals surface area (Å²) in [5.41, 5.74) is 1.00. The van der Waals surface area contributed by atoms with Crippen molar-refractivity contribution >= 4 is 5.91 Å². The fraction of sp³-hybridized carbons (Fsp3) is 0.353. The minimum atomic E-state index is -0.818. The first-order valence-electron chi connectivity index (χ1n) is 7.26. The zero-order chi connectivity index (χ0) is 15.1. The average molecular weight is 287 g/mol. The molecule has 4 nitrogen and oxygen atoms in total. The molecule has 0 aliphatic heterocycles. The molecule has 112 valence electrons. The molecule has 2 unspecified atom stereocenters. The molecule has 1 aromatic heterocycles. The molecule has 1 aromatic carbocycles. The second-order valence-corrected chi connectivity index (χ2v) is 5.03. The van der Waals surface area contributed by atoms with Gasteiger partial charge in [-0.25, -0.2) is 0 Å². The van der Waals surface area contributed by atoms with Gasteiger partial charge in [-0.3, -0.25) is 4.79 Å². The van der Waals surface area contributed by atoms with Crippen LogP contribution in [0, 0.1) is 0 Å². The van der Waals surface area contributed by atoms with Crippen molar-refractivity contribution in [3.05, 3.63) is 60.1 Å². The summed E-state index contributed by atoms with van der Waals surface area (Å²) in [6.45, 7) is 2.21. The van der Waals surface area contributed by atoms with Gasteiger partial charge in [0.15, 0.2) is 0 Å². The molecule has 0 aliphatic rings. The molecule has 0 radical (unpaired) electrons. The van der Waals surface area contributed by atoms with Crippen LogP contribution in [-0.2, 0) is 4.79 Å². The van der Waals surface area contributed by atoms with Crippen LogP contribution in [0.1, 0.15) is 43.1 Å². The lowest BCUT2D eigenvalue weighted by Gasteiger charge is -2.17. The van der Waals surface area contributed by atoms with Crippen molar-refractivity contribution in [3.63, 3.8) is 0 Å². The number of hydrogen-bond donors (Lipinski definition) is 2. The molecule has 2 rings (SSSR count). The van der Waals surface area contributed by atoms with E-state index in [1.807, 2.05) is 30.3 Å². The molecule has 2 aromatic rings. The van der Waals surface area contributed by atoms with Gasteiger partial charge in [0.1, 0.15) is 11.9 Å².